The molecule has 1 aliphatic heterocycles. The lowest BCUT2D eigenvalue weighted by molar-refractivity contribution is 1.39. The van der Waals surface area contributed by atoms with Crippen molar-refractivity contribution in [2.75, 3.05) is 10.1 Å². The summed E-state index contributed by atoms with van der Waals surface area (Å²) in [6, 6.07) is 42.0. The van der Waals surface area contributed by atoms with Crippen LogP contribution in [0.5, 0.6) is 0 Å². The molecule has 0 atom stereocenters. The summed E-state index contributed by atoms with van der Waals surface area (Å²) < 4.78 is 0. The predicted octanol–water partition coefficient (Wildman–Crippen LogP) is 9.25. The van der Waals surface area contributed by atoms with E-state index in [1.165, 1.54) is 60.6 Å². The molecule has 0 spiro atoms. The predicted molar refractivity (Wildman–Crippen MR) is 169 cm³/mol. The summed E-state index contributed by atoms with van der Waals surface area (Å²) in [5.41, 5.74) is 11.2. The lowest BCUT2D eigenvalue weighted by Gasteiger charge is -2.24. The highest BCUT2D eigenvalue weighted by molar-refractivity contribution is 6.49. The summed E-state index contributed by atoms with van der Waals surface area (Å²) in [4.78, 5) is 2.25. The topological polar surface area (TPSA) is 15.3 Å². The summed E-state index contributed by atoms with van der Waals surface area (Å²) >= 11 is 0. The van der Waals surface area contributed by atoms with Crippen molar-refractivity contribution in [1.82, 2.24) is 0 Å². The molecule has 1 heterocycles. The zero-order valence-corrected chi connectivity index (χ0v) is 21.4. The van der Waals surface area contributed by atoms with Crippen LogP contribution in [0.2, 0.25) is 0 Å². The molecule has 1 aliphatic carbocycles. The van der Waals surface area contributed by atoms with E-state index in [0.717, 1.165) is 18.8 Å². The van der Waals surface area contributed by atoms with E-state index in [1.807, 2.05) is 0 Å². The van der Waals surface area contributed by atoms with Crippen molar-refractivity contribution in [3.63, 3.8) is 0 Å². The third kappa shape index (κ3) is 3.59. The van der Waals surface area contributed by atoms with Crippen LogP contribution in [0.1, 0.15) is 0 Å². The van der Waals surface area contributed by atoms with Gasteiger partial charge in [-0.1, -0.05) is 90.9 Å². The molecule has 3 heteroatoms. The zero-order chi connectivity index (χ0) is 25.8. The van der Waals surface area contributed by atoms with Gasteiger partial charge in [0.05, 0.1) is 11.4 Å². The molecule has 6 aromatic carbocycles. The van der Waals surface area contributed by atoms with Gasteiger partial charge in [0.15, 0.2) is 0 Å². The van der Waals surface area contributed by atoms with Gasteiger partial charge in [0.1, 0.15) is 0 Å². The average Bonchev–Trinajstić information content (AvgIpc) is 3.31. The van der Waals surface area contributed by atoms with Gasteiger partial charge < -0.3 is 10.1 Å². The first-order chi connectivity index (χ1) is 19.3. The number of para-hydroxylation sites is 2. The first-order valence-electron chi connectivity index (χ1n) is 13.5. The second-order valence-corrected chi connectivity index (χ2v) is 10.3. The Morgan fingerprint density at radius 1 is 0.564 bits per heavy atom. The minimum atomic E-state index is 0.874. The van der Waals surface area contributed by atoms with Gasteiger partial charge in [-0.25, -0.2) is 0 Å². The Bertz CT molecular complexity index is 1920. The highest BCUT2D eigenvalue weighted by atomic mass is 15.1. The maximum absolute atomic E-state index is 3.64. The molecule has 0 saturated heterocycles. The van der Waals surface area contributed by atoms with Crippen molar-refractivity contribution in [2.24, 2.45) is 0 Å². The average molecular weight is 496 g/mol. The smallest absolute Gasteiger partial charge is 0.267 e. The number of hydrogen-bond acceptors (Lipinski definition) is 2. The number of fused-ring (bicyclic) bond motifs is 4. The van der Waals surface area contributed by atoms with Gasteiger partial charge in [0.2, 0.25) is 0 Å². The highest BCUT2D eigenvalue weighted by Gasteiger charge is 2.23. The van der Waals surface area contributed by atoms with Crippen LogP contribution in [0.4, 0.5) is 17.1 Å². The van der Waals surface area contributed by atoms with Crippen molar-refractivity contribution < 1.29 is 0 Å². The molecule has 0 fully saturated rings. The van der Waals surface area contributed by atoms with E-state index < -0.39 is 0 Å². The van der Waals surface area contributed by atoms with Gasteiger partial charge in [0, 0.05) is 5.69 Å². The number of benzene rings is 6. The van der Waals surface area contributed by atoms with Crippen LogP contribution in [0.25, 0.3) is 54.9 Å². The molecule has 0 radical (unpaired) electrons. The van der Waals surface area contributed by atoms with E-state index in [9.17, 15) is 0 Å². The van der Waals surface area contributed by atoms with Crippen molar-refractivity contribution in [2.45, 2.75) is 0 Å². The van der Waals surface area contributed by atoms with Gasteiger partial charge in [-0.15, -0.1) is 0 Å². The Morgan fingerprint density at radius 2 is 1.28 bits per heavy atom. The molecule has 39 heavy (non-hydrogen) atoms. The quantitative estimate of drug-likeness (QED) is 0.244. The number of allylic oxidation sites excluding steroid dienone is 2. The van der Waals surface area contributed by atoms with E-state index in [2.05, 4.69) is 150 Å². The third-order valence-electron chi connectivity index (χ3n) is 8.01. The Kier molecular flexibility index (Phi) is 4.96. The van der Waals surface area contributed by atoms with Crippen molar-refractivity contribution in [3.8, 4) is 33.4 Å². The molecular weight excluding hydrogens is 471 g/mol. The number of hydrogen-bond donors (Lipinski definition) is 1. The minimum Gasteiger partial charge on any atom is -0.390 e. The molecule has 8 rings (SSSR count). The fourth-order valence-corrected chi connectivity index (χ4v) is 6.16. The van der Waals surface area contributed by atoms with Crippen LogP contribution in [0.15, 0.2) is 140 Å². The van der Waals surface area contributed by atoms with Gasteiger partial charge in [0.25, 0.3) is 7.41 Å². The molecule has 182 valence electrons. The van der Waals surface area contributed by atoms with Crippen LogP contribution in [-0.2, 0) is 0 Å². The molecule has 2 aliphatic rings. The second kappa shape index (κ2) is 8.78. The van der Waals surface area contributed by atoms with Crippen molar-refractivity contribution in [1.29, 1.82) is 0 Å². The van der Waals surface area contributed by atoms with E-state index in [-0.39, 0.29) is 0 Å². The number of anilines is 3. The van der Waals surface area contributed by atoms with Crippen LogP contribution in [-0.4, -0.2) is 7.41 Å². The summed E-state index contributed by atoms with van der Waals surface area (Å²) in [5, 5.41) is 8.89. The Hall–Kier alpha value is -5.02. The van der Waals surface area contributed by atoms with Crippen LogP contribution < -0.4 is 10.1 Å². The number of rotatable bonds is 4. The number of nitrogens with one attached hydrogen (secondary N) is 1. The maximum Gasteiger partial charge on any atom is 0.267 e. The van der Waals surface area contributed by atoms with Gasteiger partial charge >= 0.3 is 0 Å². The second-order valence-electron chi connectivity index (χ2n) is 10.3. The first kappa shape index (κ1) is 22.0. The molecule has 0 saturated carbocycles. The van der Waals surface area contributed by atoms with E-state index >= 15 is 0 Å². The standard InChI is InChI=1S/C36H25BN2/c1-2-9-26-23-33-31-19-18-28(29-10-7-11-30(36(29)31)32(33)22-25(26)8-1)24-14-16-27(17-15-24)38-34-12-3-4-13-35(34)39-21-6-5-20-37-39/h1-23,37-38H. The Labute approximate surface area is 228 Å². The molecule has 0 aromatic heterocycles. The van der Waals surface area contributed by atoms with E-state index in [0.29, 0.717) is 0 Å². The summed E-state index contributed by atoms with van der Waals surface area (Å²) in [7, 11) is 0.874. The van der Waals surface area contributed by atoms with E-state index in [4.69, 9.17) is 0 Å². The number of nitrogens with zero attached hydrogens (tertiary/aromatic N) is 1. The van der Waals surface area contributed by atoms with Crippen LogP contribution >= 0.6 is 0 Å². The molecule has 2 nitrogen and oxygen atoms in total. The Balaban J connectivity index is 1.16. The lowest BCUT2D eigenvalue weighted by Crippen LogP contribution is -2.22. The molecule has 0 bridgehead atoms. The highest BCUT2D eigenvalue weighted by Crippen LogP contribution is 2.50. The molecule has 0 amide bonds. The minimum absolute atomic E-state index is 0.874. The molecule has 0 unspecified atom stereocenters. The molecule has 6 aromatic rings. The van der Waals surface area contributed by atoms with Crippen molar-refractivity contribution >= 4 is 46.0 Å². The molecule has 1 N–H and O–H groups in total. The summed E-state index contributed by atoms with van der Waals surface area (Å²) in [6.07, 6.45) is 6.29. The van der Waals surface area contributed by atoms with Gasteiger partial charge in [-0.05, 0) is 104 Å². The summed E-state index contributed by atoms with van der Waals surface area (Å²) in [5.74, 6) is 2.17. The third-order valence-corrected chi connectivity index (χ3v) is 8.01. The fraction of sp³-hybridized carbons (Fsp3) is 0. The fourth-order valence-electron chi connectivity index (χ4n) is 6.16. The van der Waals surface area contributed by atoms with Gasteiger partial charge in [-0.3, -0.25) is 0 Å². The zero-order valence-electron chi connectivity index (χ0n) is 21.4. The largest absolute Gasteiger partial charge is 0.390 e. The van der Waals surface area contributed by atoms with Crippen LogP contribution in [0.3, 0.4) is 0 Å². The maximum atomic E-state index is 3.64. The lowest BCUT2D eigenvalue weighted by atomic mass is 9.88. The SMILES string of the molecule is B1C=CC=CN1c1ccccc1Nc1ccc(-c2ccc3c4c(cccc24)-c2cc4ccccc4cc2-3)cc1. The van der Waals surface area contributed by atoms with E-state index in [1.54, 1.807) is 0 Å². The first-order valence-corrected chi connectivity index (χ1v) is 13.5. The molecular formula is C36H25BN2. The normalized spacial score (nSPS) is 13.1. The van der Waals surface area contributed by atoms with Gasteiger partial charge in [-0.2, -0.15) is 0 Å². The summed E-state index contributed by atoms with van der Waals surface area (Å²) in [6.45, 7) is 0. The van der Waals surface area contributed by atoms with Crippen molar-refractivity contribution in [3.05, 3.63) is 140 Å². The van der Waals surface area contributed by atoms with Crippen LogP contribution in [0, 0.1) is 0 Å². The Morgan fingerprint density at radius 3 is 2.05 bits per heavy atom. The monoisotopic (exact) mass is 496 g/mol.